The highest BCUT2D eigenvalue weighted by Crippen LogP contribution is 2.34. The van der Waals surface area contributed by atoms with Crippen LogP contribution in [0.4, 0.5) is 0 Å². The molecule has 2 aromatic heterocycles. The van der Waals surface area contributed by atoms with Crippen LogP contribution in [0, 0.1) is 6.92 Å². The second kappa shape index (κ2) is 14.7. The van der Waals surface area contributed by atoms with E-state index >= 15 is 0 Å². The number of imidazole rings is 1. The van der Waals surface area contributed by atoms with Crippen molar-refractivity contribution in [1.29, 1.82) is 0 Å². The fourth-order valence-corrected chi connectivity index (χ4v) is 5.80. The first-order valence-electron chi connectivity index (χ1n) is 13.8. The van der Waals surface area contributed by atoms with E-state index in [1.54, 1.807) is 41.8 Å². The minimum Gasteiger partial charge on any atom is -0.379 e. The number of nitrogens with one attached hydrogen (secondary N) is 1. The molecule has 0 unspecified atom stereocenters. The van der Waals surface area contributed by atoms with Crippen molar-refractivity contribution in [1.82, 2.24) is 25.0 Å². The van der Waals surface area contributed by atoms with E-state index in [-0.39, 0.29) is 28.0 Å². The summed E-state index contributed by atoms with van der Waals surface area (Å²) >= 11 is 12.7. The molecular weight excluding hydrogens is 665 g/mol. The van der Waals surface area contributed by atoms with Gasteiger partial charge in [0.15, 0.2) is 5.69 Å². The molecule has 1 saturated heterocycles. The van der Waals surface area contributed by atoms with Crippen LogP contribution in [0.15, 0.2) is 71.9 Å². The Kier molecular flexibility index (Phi) is 11.2. The third-order valence-electron chi connectivity index (χ3n) is 6.70. The van der Waals surface area contributed by atoms with Crippen LogP contribution < -0.4 is 9.61 Å². The normalized spacial score (nSPS) is 13.9. The number of hydrogen-bond acceptors (Lipinski definition) is 9. The van der Waals surface area contributed by atoms with Crippen molar-refractivity contribution >= 4 is 49.3 Å². The lowest BCUT2D eigenvalue weighted by Gasteiger charge is -2.26. The molecule has 0 atom stereocenters. The molecule has 0 radical (unpaired) electrons. The van der Waals surface area contributed by atoms with E-state index in [4.69, 9.17) is 36.9 Å². The summed E-state index contributed by atoms with van der Waals surface area (Å²) in [6.07, 6.45) is 5.88. The molecular formula is C29H31Cl2N5O7S2. The van der Waals surface area contributed by atoms with Crippen molar-refractivity contribution in [3.63, 3.8) is 0 Å². The largest absolute Gasteiger partial charge is 0.379 e. The summed E-state index contributed by atoms with van der Waals surface area (Å²) in [7, 11) is -7.71. The first-order chi connectivity index (χ1) is 21.3. The van der Waals surface area contributed by atoms with Gasteiger partial charge < -0.3 is 4.18 Å². The lowest BCUT2D eigenvalue weighted by molar-refractivity contribution is 0.0744. The first kappa shape index (κ1) is 34.3. The number of hydrazine groups is 1. The number of benzene rings is 2. The van der Waals surface area contributed by atoms with Gasteiger partial charge in [0.1, 0.15) is 16.5 Å². The topological polar surface area (TPSA) is 161 Å². The van der Waals surface area contributed by atoms with Crippen LogP contribution >= 0.6 is 23.2 Å². The van der Waals surface area contributed by atoms with Crippen molar-refractivity contribution < 1.29 is 30.4 Å². The van der Waals surface area contributed by atoms with Crippen molar-refractivity contribution in [2.24, 2.45) is 0 Å². The Morgan fingerprint density at radius 3 is 2.27 bits per heavy atom. The molecule has 1 amide bonds. The van der Waals surface area contributed by atoms with Gasteiger partial charge in [0.25, 0.3) is 16.0 Å². The summed E-state index contributed by atoms with van der Waals surface area (Å²) in [6.45, 7) is 4.73. The quantitative estimate of drug-likeness (QED) is 0.182. The molecule has 0 aliphatic carbocycles. The second-order valence-electron chi connectivity index (χ2n) is 9.91. The zero-order valence-electron chi connectivity index (χ0n) is 24.4. The average molecular weight is 697 g/mol. The molecule has 0 saturated carbocycles. The number of piperidine rings is 1. The van der Waals surface area contributed by atoms with Crippen molar-refractivity contribution in [2.45, 2.75) is 38.0 Å². The van der Waals surface area contributed by atoms with Gasteiger partial charge in [-0.05, 0) is 81.3 Å². The highest BCUT2D eigenvalue weighted by Gasteiger charge is 2.25. The number of aromatic nitrogens is 3. The Labute approximate surface area is 271 Å². The zero-order valence-corrected chi connectivity index (χ0v) is 27.5. The Balaban J connectivity index is 0.000000700. The van der Waals surface area contributed by atoms with Crippen LogP contribution in [0.1, 0.15) is 42.4 Å². The first-order valence-corrected chi connectivity index (χ1v) is 17.6. The maximum Gasteiger partial charge on any atom is 0.340 e. The molecule has 4 aromatic rings. The van der Waals surface area contributed by atoms with Crippen LogP contribution in [-0.4, -0.2) is 65.7 Å². The van der Waals surface area contributed by atoms with Gasteiger partial charge >= 0.3 is 10.1 Å². The standard InChI is InChI=1S/C27H25Cl2N5O4S.C2H6O3S/c1-18-25(27(35)32-33-14-3-2-4-15-33)31-26(23-12-7-19(28)16-24(23)29)34(18)20-8-10-21(11-9-20)38-39(36,37)22-6-5-13-30-17-22;1-2-6(3,4)5/h5-13,16-17H,2-4,14-15H2,1H3,(H,32,35);2H2,1H3,(H,3,4,5). The summed E-state index contributed by atoms with van der Waals surface area (Å²) in [5.74, 6) is 0.0404. The molecule has 1 fully saturated rings. The highest BCUT2D eigenvalue weighted by molar-refractivity contribution is 7.87. The van der Waals surface area contributed by atoms with Gasteiger partial charge in [-0.1, -0.05) is 29.6 Å². The van der Waals surface area contributed by atoms with E-state index < -0.39 is 20.2 Å². The van der Waals surface area contributed by atoms with Crippen molar-refractivity contribution in [2.75, 3.05) is 18.8 Å². The predicted octanol–water partition coefficient (Wildman–Crippen LogP) is 5.34. The number of halogens is 2. The Hall–Kier alpha value is -3.53. The number of rotatable bonds is 8. The summed E-state index contributed by atoms with van der Waals surface area (Å²) in [6, 6.07) is 14.4. The molecule has 3 heterocycles. The Morgan fingerprint density at radius 2 is 1.69 bits per heavy atom. The van der Waals surface area contributed by atoms with E-state index in [1.807, 2.05) is 5.01 Å². The fraction of sp³-hybridized carbons (Fsp3) is 0.276. The minimum absolute atomic E-state index is 0.0523. The number of nitrogens with zero attached hydrogens (tertiary/aromatic N) is 4. The van der Waals surface area contributed by atoms with Crippen molar-refractivity contribution in [3.8, 4) is 22.8 Å². The van der Waals surface area contributed by atoms with Crippen LogP contribution in [0.5, 0.6) is 5.75 Å². The van der Waals surface area contributed by atoms with E-state index in [0.717, 1.165) is 32.4 Å². The summed E-state index contributed by atoms with van der Waals surface area (Å²) in [5, 5.41) is 2.76. The third-order valence-corrected chi connectivity index (χ3v) is 9.21. The highest BCUT2D eigenvalue weighted by atomic mass is 35.5. The molecule has 5 rings (SSSR count). The molecule has 2 aromatic carbocycles. The Morgan fingerprint density at radius 1 is 1.02 bits per heavy atom. The van der Waals surface area contributed by atoms with Crippen molar-refractivity contribution in [3.05, 3.63) is 88.4 Å². The molecule has 240 valence electrons. The smallest absolute Gasteiger partial charge is 0.340 e. The average Bonchev–Trinajstić information content (AvgIpc) is 3.35. The SMILES string of the molecule is CCS(=O)(=O)O.Cc1c(C(=O)NN2CCCCC2)nc(-c2ccc(Cl)cc2Cl)n1-c1ccc(OS(=O)(=O)c2cccnc2)cc1. The van der Waals surface area contributed by atoms with Gasteiger partial charge in [0.2, 0.25) is 0 Å². The van der Waals surface area contributed by atoms with Gasteiger partial charge in [-0.2, -0.15) is 16.8 Å². The maximum absolute atomic E-state index is 13.3. The van der Waals surface area contributed by atoms with Gasteiger partial charge in [-0.25, -0.2) is 9.99 Å². The molecule has 0 spiro atoms. The van der Waals surface area contributed by atoms with Gasteiger partial charge in [0, 0.05) is 41.8 Å². The van der Waals surface area contributed by atoms with Gasteiger partial charge in [-0.3, -0.25) is 24.3 Å². The van der Waals surface area contributed by atoms with Gasteiger partial charge in [0.05, 0.1) is 16.5 Å². The van der Waals surface area contributed by atoms with E-state index in [0.29, 0.717) is 32.8 Å². The molecule has 45 heavy (non-hydrogen) atoms. The molecule has 12 nitrogen and oxygen atoms in total. The van der Waals surface area contributed by atoms with Crippen LogP contribution in [0.2, 0.25) is 10.0 Å². The van der Waals surface area contributed by atoms with E-state index in [2.05, 4.69) is 10.4 Å². The van der Waals surface area contributed by atoms with Crippen LogP contribution in [0.3, 0.4) is 0 Å². The molecule has 1 aliphatic heterocycles. The Bertz CT molecular complexity index is 1860. The predicted molar refractivity (Wildman–Crippen MR) is 171 cm³/mol. The van der Waals surface area contributed by atoms with Crippen LogP contribution in [0.25, 0.3) is 17.1 Å². The zero-order chi connectivity index (χ0) is 32.8. The minimum atomic E-state index is -4.05. The van der Waals surface area contributed by atoms with E-state index in [1.165, 1.54) is 43.6 Å². The lowest BCUT2D eigenvalue weighted by atomic mass is 10.2. The number of carbonyl (C=O) groups is 1. The number of amides is 1. The maximum atomic E-state index is 13.3. The number of pyridine rings is 1. The summed E-state index contributed by atoms with van der Waals surface area (Å²) in [5.41, 5.74) is 5.02. The van der Waals surface area contributed by atoms with Crippen LogP contribution in [-0.2, 0) is 20.2 Å². The molecule has 0 bridgehead atoms. The molecule has 2 N–H and O–H groups in total. The second-order valence-corrected chi connectivity index (χ2v) is 14.0. The third kappa shape index (κ3) is 9.02. The number of carbonyl (C=O) groups excluding carboxylic acids is 1. The monoisotopic (exact) mass is 695 g/mol. The fourth-order valence-electron chi connectivity index (χ4n) is 4.41. The summed E-state index contributed by atoms with van der Waals surface area (Å²) < 4.78 is 59.2. The van der Waals surface area contributed by atoms with Gasteiger partial charge in [-0.15, -0.1) is 0 Å². The lowest BCUT2D eigenvalue weighted by Crippen LogP contribution is -2.45. The molecule has 1 aliphatic rings. The number of hydrogen-bond donors (Lipinski definition) is 2. The molecule has 16 heteroatoms. The van der Waals surface area contributed by atoms with E-state index in [9.17, 15) is 21.6 Å². The summed E-state index contributed by atoms with van der Waals surface area (Å²) in [4.78, 5) is 21.8.